The number of rotatable bonds is 3. The Balaban J connectivity index is 2.29. The normalized spacial score (nSPS) is 13.1. The molecule has 106 valence electrons. The van der Waals surface area contributed by atoms with Crippen molar-refractivity contribution in [1.82, 2.24) is 4.98 Å². The summed E-state index contributed by atoms with van der Waals surface area (Å²) in [7, 11) is 0. The molecule has 3 nitrogen and oxygen atoms in total. The summed E-state index contributed by atoms with van der Waals surface area (Å²) in [6.45, 7) is 0. The second kappa shape index (κ2) is 5.46. The molecule has 0 spiro atoms. The first kappa shape index (κ1) is 14.3. The molecule has 2 rings (SSSR count). The molecule has 0 radical (unpaired) electrons. The molecule has 0 aliphatic heterocycles. The first-order valence-electron chi connectivity index (χ1n) is 5.57. The van der Waals surface area contributed by atoms with Crippen molar-refractivity contribution in [2.45, 2.75) is 12.4 Å². The Morgan fingerprint density at radius 1 is 1.20 bits per heavy atom. The summed E-state index contributed by atoms with van der Waals surface area (Å²) in [6.07, 6.45) is -2.44. The number of benzene rings is 1. The lowest BCUT2D eigenvalue weighted by molar-refractivity contribution is -0.274. The lowest BCUT2D eigenvalue weighted by Crippen LogP contribution is -2.18. The van der Waals surface area contributed by atoms with Crippen molar-refractivity contribution in [1.29, 1.82) is 0 Å². The Morgan fingerprint density at radius 3 is 2.60 bits per heavy atom. The highest BCUT2D eigenvalue weighted by atomic mass is 19.4. The van der Waals surface area contributed by atoms with E-state index >= 15 is 0 Å². The molecule has 0 saturated carbocycles. The van der Waals surface area contributed by atoms with E-state index in [0.29, 0.717) is 5.56 Å². The van der Waals surface area contributed by atoms with E-state index in [9.17, 15) is 17.6 Å². The summed E-state index contributed by atoms with van der Waals surface area (Å²) in [5, 5.41) is 0. The number of hydrogen-bond acceptors (Lipinski definition) is 3. The van der Waals surface area contributed by atoms with Crippen molar-refractivity contribution in [2.75, 3.05) is 0 Å². The predicted molar refractivity (Wildman–Crippen MR) is 63.4 cm³/mol. The monoisotopic (exact) mass is 286 g/mol. The van der Waals surface area contributed by atoms with Crippen LogP contribution in [0.4, 0.5) is 17.6 Å². The van der Waals surface area contributed by atoms with Gasteiger partial charge in [-0.05, 0) is 23.8 Å². The second-order valence-corrected chi connectivity index (χ2v) is 4.00. The predicted octanol–water partition coefficient (Wildman–Crippen LogP) is 3.17. The van der Waals surface area contributed by atoms with Gasteiger partial charge in [-0.3, -0.25) is 4.98 Å². The zero-order valence-electron chi connectivity index (χ0n) is 10.1. The lowest BCUT2D eigenvalue weighted by Gasteiger charge is -2.15. The fraction of sp³-hybridized carbons (Fsp3) is 0.154. The number of halogens is 4. The van der Waals surface area contributed by atoms with Gasteiger partial charge in [0.05, 0.1) is 12.2 Å². The number of pyridine rings is 1. The molecule has 1 atom stereocenters. The third-order valence-corrected chi connectivity index (χ3v) is 2.59. The quantitative estimate of drug-likeness (QED) is 0.882. The molecule has 2 N–H and O–H groups in total. The van der Waals surface area contributed by atoms with E-state index in [1.807, 2.05) is 0 Å². The number of aromatic nitrogens is 1. The van der Waals surface area contributed by atoms with Crippen molar-refractivity contribution < 1.29 is 22.3 Å². The Morgan fingerprint density at radius 2 is 1.95 bits per heavy atom. The highest BCUT2D eigenvalue weighted by Crippen LogP contribution is 2.27. The smallest absolute Gasteiger partial charge is 0.406 e. The maximum Gasteiger partial charge on any atom is 0.573 e. The SMILES string of the molecule is NC(c1cccc(OC(F)(F)F)c1)c1ccncc1F. The Bertz CT molecular complexity index is 601. The maximum absolute atomic E-state index is 13.5. The molecular formula is C13H10F4N2O. The third-order valence-electron chi connectivity index (χ3n) is 2.59. The largest absolute Gasteiger partial charge is 0.573 e. The molecule has 20 heavy (non-hydrogen) atoms. The van der Waals surface area contributed by atoms with Crippen LogP contribution in [0.25, 0.3) is 0 Å². The van der Waals surface area contributed by atoms with Crippen molar-refractivity contribution in [3.05, 3.63) is 59.7 Å². The average Bonchev–Trinajstić information content (AvgIpc) is 2.37. The van der Waals surface area contributed by atoms with Crippen LogP contribution in [-0.2, 0) is 0 Å². The van der Waals surface area contributed by atoms with Gasteiger partial charge in [0.1, 0.15) is 11.6 Å². The van der Waals surface area contributed by atoms with E-state index in [-0.39, 0.29) is 5.56 Å². The molecule has 1 aromatic heterocycles. The third kappa shape index (κ3) is 3.45. The second-order valence-electron chi connectivity index (χ2n) is 4.00. The van der Waals surface area contributed by atoms with Crippen molar-refractivity contribution in [3.63, 3.8) is 0 Å². The van der Waals surface area contributed by atoms with E-state index in [0.717, 1.165) is 18.3 Å². The van der Waals surface area contributed by atoms with E-state index in [1.54, 1.807) is 0 Å². The molecule has 0 fully saturated rings. The van der Waals surface area contributed by atoms with Crippen molar-refractivity contribution in [2.24, 2.45) is 5.73 Å². The van der Waals surface area contributed by atoms with Crippen LogP contribution in [0.2, 0.25) is 0 Å². The minimum absolute atomic E-state index is 0.143. The van der Waals surface area contributed by atoms with Crippen LogP contribution in [0.1, 0.15) is 17.2 Å². The number of hydrogen-bond donors (Lipinski definition) is 1. The first-order valence-corrected chi connectivity index (χ1v) is 5.57. The minimum atomic E-state index is -4.79. The zero-order chi connectivity index (χ0) is 14.8. The van der Waals surface area contributed by atoms with E-state index in [2.05, 4.69) is 9.72 Å². The molecule has 0 aliphatic rings. The van der Waals surface area contributed by atoms with Crippen LogP contribution in [0.5, 0.6) is 5.75 Å². The zero-order valence-corrected chi connectivity index (χ0v) is 10.1. The van der Waals surface area contributed by atoms with Crippen LogP contribution in [0, 0.1) is 5.82 Å². The highest BCUT2D eigenvalue weighted by Gasteiger charge is 2.31. The van der Waals surface area contributed by atoms with E-state index < -0.39 is 24.0 Å². The van der Waals surface area contributed by atoms with Crippen LogP contribution in [0.15, 0.2) is 42.7 Å². The summed E-state index contributed by atoms with van der Waals surface area (Å²) < 4.78 is 53.8. The summed E-state index contributed by atoms with van der Waals surface area (Å²) in [5.74, 6) is -1.03. The highest BCUT2D eigenvalue weighted by molar-refractivity contribution is 5.36. The summed E-state index contributed by atoms with van der Waals surface area (Å²) in [6, 6.07) is 5.58. The van der Waals surface area contributed by atoms with Gasteiger partial charge in [0.2, 0.25) is 0 Å². The Hall–Kier alpha value is -2.15. The van der Waals surface area contributed by atoms with Gasteiger partial charge in [-0.15, -0.1) is 13.2 Å². The average molecular weight is 286 g/mol. The molecule has 1 heterocycles. The van der Waals surface area contributed by atoms with Gasteiger partial charge >= 0.3 is 6.36 Å². The van der Waals surface area contributed by atoms with Gasteiger partial charge in [0, 0.05) is 11.8 Å². The van der Waals surface area contributed by atoms with Crippen LogP contribution >= 0.6 is 0 Å². The van der Waals surface area contributed by atoms with Crippen LogP contribution in [0.3, 0.4) is 0 Å². The van der Waals surface area contributed by atoms with Crippen LogP contribution in [-0.4, -0.2) is 11.3 Å². The lowest BCUT2D eigenvalue weighted by atomic mass is 10.00. The van der Waals surface area contributed by atoms with Crippen molar-refractivity contribution in [3.8, 4) is 5.75 Å². The number of ether oxygens (including phenoxy) is 1. The number of alkyl halides is 3. The minimum Gasteiger partial charge on any atom is -0.406 e. The van der Waals surface area contributed by atoms with Crippen molar-refractivity contribution >= 4 is 0 Å². The van der Waals surface area contributed by atoms with Gasteiger partial charge in [-0.2, -0.15) is 0 Å². The molecular weight excluding hydrogens is 276 g/mol. The maximum atomic E-state index is 13.5. The molecule has 7 heteroatoms. The number of nitrogens with two attached hydrogens (primary N) is 1. The number of nitrogens with zero attached hydrogens (tertiary/aromatic N) is 1. The summed E-state index contributed by atoms with van der Waals surface area (Å²) in [5.41, 5.74) is 6.29. The topological polar surface area (TPSA) is 48.1 Å². The Kier molecular flexibility index (Phi) is 3.89. The van der Waals surface area contributed by atoms with Gasteiger partial charge in [0.25, 0.3) is 0 Å². The molecule has 0 aliphatic carbocycles. The van der Waals surface area contributed by atoms with Gasteiger partial charge in [0.15, 0.2) is 0 Å². The fourth-order valence-corrected chi connectivity index (χ4v) is 1.72. The molecule has 0 saturated heterocycles. The van der Waals surface area contributed by atoms with Gasteiger partial charge in [-0.25, -0.2) is 4.39 Å². The molecule has 0 amide bonds. The fourth-order valence-electron chi connectivity index (χ4n) is 1.72. The van der Waals surface area contributed by atoms with E-state index in [1.165, 1.54) is 24.4 Å². The summed E-state index contributed by atoms with van der Waals surface area (Å²) in [4.78, 5) is 3.58. The first-order chi connectivity index (χ1) is 9.37. The Labute approximate surface area is 112 Å². The van der Waals surface area contributed by atoms with Gasteiger partial charge in [-0.1, -0.05) is 12.1 Å². The van der Waals surface area contributed by atoms with E-state index in [4.69, 9.17) is 5.73 Å². The summed E-state index contributed by atoms with van der Waals surface area (Å²) >= 11 is 0. The molecule has 2 aromatic rings. The van der Waals surface area contributed by atoms with Gasteiger partial charge < -0.3 is 10.5 Å². The standard InChI is InChI=1S/C13H10F4N2O/c14-11-7-19-5-4-10(11)12(18)8-2-1-3-9(6-8)20-13(15,16)17/h1-7,12H,18H2. The molecule has 1 unspecified atom stereocenters. The molecule has 0 bridgehead atoms. The van der Waals surface area contributed by atoms with Crippen LogP contribution < -0.4 is 10.5 Å². The molecule has 1 aromatic carbocycles.